The Balaban J connectivity index is 1.60. The van der Waals surface area contributed by atoms with Crippen molar-refractivity contribution in [2.75, 3.05) is 17.2 Å². The summed E-state index contributed by atoms with van der Waals surface area (Å²) in [6.07, 6.45) is 2.24. The zero-order chi connectivity index (χ0) is 17.6. The molecule has 0 aliphatic carbocycles. The van der Waals surface area contributed by atoms with Crippen molar-refractivity contribution in [3.05, 3.63) is 70.9 Å². The molecule has 8 heteroatoms. The van der Waals surface area contributed by atoms with Gasteiger partial charge in [-0.15, -0.1) is 5.10 Å². The third-order valence-electron chi connectivity index (χ3n) is 3.34. The topological polar surface area (TPSA) is 62.7 Å². The van der Waals surface area contributed by atoms with Gasteiger partial charge in [0.25, 0.3) is 0 Å². The van der Waals surface area contributed by atoms with Crippen LogP contribution in [0.5, 0.6) is 0 Å². The Bertz CT molecular complexity index is 875. The van der Waals surface area contributed by atoms with Crippen molar-refractivity contribution in [3.63, 3.8) is 0 Å². The number of hydrogen-bond donors (Lipinski definition) is 2. The van der Waals surface area contributed by atoms with E-state index in [1.54, 1.807) is 0 Å². The smallest absolute Gasteiger partial charge is 0.249 e. The van der Waals surface area contributed by atoms with Gasteiger partial charge in [0.15, 0.2) is 17.5 Å². The summed E-state index contributed by atoms with van der Waals surface area (Å²) < 4.78 is 26.2. The Morgan fingerprint density at radius 3 is 2.72 bits per heavy atom. The first-order valence-electron chi connectivity index (χ1n) is 7.50. The molecule has 0 aliphatic rings. The number of nitrogens with zero attached hydrogens (tertiary/aromatic N) is 3. The Labute approximate surface area is 148 Å². The molecule has 25 heavy (non-hydrogen) atoms. The summed E-state index contributed by atoms with van der Waals surface area (Å²) in [5, 5.41) is 14.3. The van der Waals surface area contributed by atoms with E-state index >= 15 is 0 Å². The second-order valence-electron chi connectivity index (χ2n) is 5.23. The third kappa shape index (κ3) is 4.84. The highest BCUT2D eigenvalue weighted by Gasteiger charge is 2.05. The van der Waals surface area contributed by atoms with Crippen LogP contribution < -0.4 is 10.6 Å². The molecule has 3 aromatic rings. The van der Waals surface area contributed by atoms with Crippen molar-refractivity contribution in [1.29, 1.82) is 0 Å². The van der Waals surface area contributed by atoms with Crippen molar-refractivity contribution >= 4 is 29.1 Å². The minimum absolute atomic E-state index is 0.179. The SMILES string of the molecule is Fc1ccc(Nc2nncc(NCCc3cccc(Cl)c3)n2)cc1F. The predicted molar refractivity (Wildman–Crippen MR) is 93.1 cm³/mol. The molecule has 5 nitrogen and oxygen atoms in total. The normalized spacial score (nSPS) is 10.5. The highest BCUT2D eigenvalue weighted by Crippen LogP contribution is 2.17. The molecule has 1 aromatic heterocycles. The zero-order valence-electron chi connectivity index (χ0n) is 13.0. The Morgan fingerprint density at radius 2 is 1.92 bits per heavy atom. The maximum atomic E-state index is 13.2. The average molecular weight is 362 g/mol. The first-order valence-corrected chi connectivity index (χ1v) is 7.88. The number of nitrogens with one attached hydrogen (secondary N) is 2. The van der Waals surface area contributed by atoms with Gasteiger partial charge in [0.05, 0.1) is 6.20 Å². The van der Waals surface area contributed by atoms with Gasteiger partial charge in [-0.2, -0.15) is 10.1 Å². The van der Waals surface area contributed by atoms with Gasteiger partial charge in [-0.05, 0) is 36.2 Å². The van der Waals surface area contributed by atoms with Crippen LogP contribution in [-0.2, 0) is 6.42 Å². The third-order valence-corrected chi connectivity index (χ3v) is 3.58. The van der Waals surface area contributed by atoms with Crippen LogP contribution in [0, 0.1) is 11.6 Å². The maximum absolute atomic E-state index is 13.2. The quantitative estimate of drug-likeness (QED) is 0.689. The molecule has 0 saturated heterocycles. The van der Waals surface area contributed by atoms with E-state index in [4.69, 9.17) is 11.6 Å². The predicted octanol–water partition coefficient (Wildman–Crippen LogP) is 4.20. The summed E-state index contributed by atoms with van der Waals surface area (Å²) in [5.74, 6) is -1.17. The summed E-state index contributed by atoms with van der Waals surface area (Å²) in [7, 11) is 0. The maximum Gasteiger partial charge on any atom is 0.249 e. The van der Waals surface area contributed by atoms with Gasteiger partial charge in [0, 0.05) is 23.3 Å². The second-order valence-corrected chi connectivity index (χ2v) is 5.66. The zero-order valence-corrected chi connectivity index (χ0v) is 13.8. The van der Waals surface area contributed by atoms with E-state index in [0.717, 1.165) is 24.1 Å². The van der Waals surface area contributed by atoms with Gasteiger partial charge in [0.1, 0.15) is 0 Å². The van der Waals surface area contributed by atoms with Gasteiger partial charge >= 0.3 is 0 Å². The molecular weight excluding hydrogens is 348 g/mol. The van der Waals surface area contributed by atoms with Crippen LogP contribution in [0.4, 0.5) is 26.2 Å². The highest BCUT2D eigenvalue weighted by molar-refractivity contribution is 6.30. The fraction of sp³-hybridized carbons (Fsp3) is 0.118. The lowest BCUT2D eigenvalue weighted by molar-refractivity contribution is 0.509. The fourth-order valence-electron chi connectivity index (χ4n) is 2.17. The first-order chi connectivity index (χ1) is 12.1. The van der Waals surface area contributed by atoms with Crippen LogP contribution in [0.1, 0.15) is 5.56 Å². The largest absolute Gasteiger partial charge is 0.368 e. The first kappa shape index (κ1) is 17.0. The summed E-state index contributed by atoms with van der Waals surface area (Å²) >= 11 is 5.95. The molecule has 2 N–H and O–H groups in total. The van der Waals surface area contributed by atoms with Crippen LogP contribution in [0.3, 0.4) is 0 Å². The molecule has 0 spiro atoms. The number of rotatable bonds is 6. The van der Waals surface area contributed by atoms with E-state index in [-0.39, 0.29) is 5.95 Å². The average Bonchev–Trinajstić information content (AvgIpc) is 2.59. The summed E-state index contributed by atoms with van der Waals surface area (Å²) in [5.41, 5.74) is 1.43. The van der Waals surface area contributed by atoms with Crippen molar-refractivity contribution in [1.82, 2.24) is 15.2 Å². The molecule has 0 unspecified atom stereocenters. The molecule has 3 rings (SSSR count). The van der Waals surface area contributed by atoms with Crippen LogP contribution in [0.15, 0.2) is 48.7 Å². The van der Waals surface area contributed by atoms with E-state index in [1.165, 1.54) is 12.3 Å². The Morgan fingerprint density at radius 1 is 1.04 bits per heavy atom. The van der Waals surface area contributed by atoms with Gasteiger partial charge < -0.3 is 10.6 Å². The van der Waals surface area contributed by atoms with Crippen molar-refractivity contribution < 1.29 is 8.78 Å². The number of hydrogen-bond acceptors (Lipinski definition) is 5. The van der Waals surface area contributed by atoms with Gasteiger partial charge in [-0.25, -0.2) is 8.78 Å². The summed E-state index contributed by atoms with van der Waals surface area (Å²) in [6.45, 7) is 0.629. The van der Waals surface area contributed by atoms with E-state index < -0.39 is 11.6 Å². The van der Waals surface area contributed by atoms with Crippen LogP contribution in [0.2, 0.25) is 5.02 Å². The molecule has 0 bridgehead atoms. The number of halogens is 3. The molecular formula is C17H14ClF2N5. The Hall–Kier alpha value is -2.80. The van der Waals surface area contributed by atoms with Crippen LogP contribution in [0.25, 0.3) is 0 Å². The lowest BCUT2D eigenvalue weighted by atomic mass is 10.1. The van der Waals surface area contributed by atoms with Gasteiger partial charge in [-0.3, -0.25) is 0 Å². The van der Waals surface area contributed by atoms with Gasteiger partial charge in [0.2, 0.25) is 5.95 Å². The van der Waals surface area contributed by atoms with Crippen molar-refractivity contribution in [3.8, 4) is 0 Å². The molecule has 0 radical (unpaired) electrons. The highest BCUT2D eigenvalue weighted by atomic mass is 35.5. The fourth-order valence-corrected chi connectivity index (χ4v) is 2.38. The number of anilines is 3. The van der Waals surface area contributed by atoms with Crippen LogP contribution >= 0.6 is 11.6 Å². The van der Waals surface area contributed by atoms with Crippen molar-refractivity contribution in [2.24, 2.45) is 0 Å². The Kier molecular flexibility index (Phi) is 5.35. The lowest BCUT2D eigenvalue weighted by Crippen LogP contribution is -2.09. The standard InChI is InChI=1S/C17H14ClF2N5/c18-12-3-1-2-11(8-12)6-7-21-16-10-22-25-17(24-16)23-13-4-5-14(19)15(20)9-13/h1-5,8-10H,6-7H2,(H2,21,23,24,25). The monoisotopic (exact) mass is 361 g/mol. The molecule has 0 fully saturated rings. The molecule has 1 heterocycles. The van der Waals surface area contributed by atoms with E-state index in [2.05, 4.69) is 25.8 Å². The number of aromatic nitrogens is 3. The molecule has 0 saturated carbocycles. The van der Waals surface area contributed by atoms with E-state index in [9.17, 15) is 8.78 Å². The minimum Gasteiger partial charge on any atom is -0.368 e. The molecule has 0 aliphatic heterocycles. The van der Waals surface area contributed by atoms with E-state index in [0.29, 0.717) is 23.1 Å². The van der Waals surface area contributed by atoms with Crippen LogP contribution in [-0.4, -0.2) is 21.7 Å². The molecule has 128 valence electrons. The van der Waals surface area contributed by atoms with Crippen molar-refractivity contribution in [2.45, 2.75) is 6.42 Å². The van der Waals surface area contributed by atoms with E-state index in [1.807, 2.05) is 24.3 Å². The molecule has 2 aromatic carbocycles. The van der Waals surface area contributed by atoms with Gasteiger partial charge in [-0.1, -0.05) is 23.7 Å². The second kappa shape index (κ2) is 7.85. The molecule has 0 amide bonds. The summed E-state index contributed by atoms with van der Waals surface area (Å²) in [6, 6.07) is 11.0. The number of benzene rings is 2. The lowest BCUT2D eigenvalue weighted by Gasteiger charge is -2.08. The molecule has 0 atom stereocenters. The summed E-state index contributed by atoms with van der Waals surface area (Å²) in [4.78, 5) is 4.23. The minimum atomic E-state index is -0.950.